The average Bonchev–Trinajstić information content (AvgIpc) is 3.06. The fourth-order valence-electron chi connectivity index (χ4n) is 2.20. The summed E-state index contributed by atoms with van der Waals surface area (Å²) in [5, 5.41) is 5.44. The van der Waals surface area contributed by atoms with Crippen LogP contribution in [-0.4, -0.2) is 32.7 Å². The predicted molar refractivity (Wildman–Crippen MR) is 103 cm³/mol. The number of anilines is 1. The highest BCUT2D eigenvalue weighted by Crippen LogP contribution is 2.22. The van der Waals surface area contributed by atoms with E-state index in [9.17, 15) is 4.79 Å². The molecule has 1 saturated heterocycles. The molecule has 1 aliphatic rings. The third-order valence-corrected chi connectivity index (χ3v) is 3.19. The van der Waals surface area contributed by atoms with Gasteiger partial charge in [0.05, 0.1) is 0 Å². The molecule has 1 fully saturated rings. The van der Waals surface area contributed by atoms with Gasteiger partial charge in [0.1, 0.15) is 0 Å². The maximum atomic E-state index is 11.1. The second-order valence-electron chi connectivity index (χ2n) is 4.40. The predicted octanol–water partition coefficient (Wildman–Crippen LogP) is 3.55. The van der Waals surface area contributed by atoms with E-state index in [1.807, 2.05) is 33.8 Å². The van der Waals surface area contributed by atoms with Gasteiger partial charge in [-0.1, -0.05) is 45.9 Å². The maximum Gasteiger partial charge on any atom is 0.314 e. The minimum atomic E-state index is -0.0943. The molecule has 0 saturated carbocycles. The van der Waals surface area contributed by atoms with Gasteiger partial charge in [-0.25, -0.2) is 4.79 Å². The molecule has 4 nitrogen and oxygen atoms in total. The summed E-state index contributed by atoms with van der Waals surface area (Å²) in [7, 11) is 1.64. The van der Waals surface area contributed by atoms with Crippen molar-refractivity contribution in [2.75, 3.05) is 31.6 Å². The number of hydrogen-bond donors (Lipinski definition) is 2. The van der Waals surface area contributed by atoms with Gasteiger partial charge < -0.3 is 15.5 Å². The Morgan fingerprint density at radius 1 is 1.18 bits per heavy atom. The van der Waals surface area contributed by atoms with Crippen molar-refractivity contribution in [1.29, 1.82) is 0 Å². The van der Waals surface area contributed by atoms with E-state index in [0.717, 1.165) is 26.1 Å². The van der Waals surface area contributed by atoms with Gasteiger partial charge in [0.2, 0.25) is 0 Å². The highest BCUT2D eigenvalue weighted by Gasteiger charge is 2.22. The second-order valence-corrected chi connectivity index (χ2v) is 4.40. The molecular weight excluding hydrogens is 293 g/mol. The Balaban J connectivity index is 0. The summed E-state index contributed by atoms with van der Waals surface area (Å²) in [6, 6.07) is 10.3. The van der Waals surface area contributed by atoms with Gasteiger partial charge in [-0.3, -0.25) is 0 Å². The number of para-hydroxylation sites is 1. The van der Waals surface area contributed by atoms with E-state index >= 15 is 0 Å². The standard InChI is InChI=1S/C13H19N3O.2C2H6.H3P/c1-14-13(17)15-9-11-7-8-16(10-11)12-5-3-2-4-6-12;2*1-2;/h2-6,11H,7-10H2,1H3,(H2,14,15,17);2*1-2H3;1H3. The molecule has 0 bridgehead atoms. The Hall–Kier alpha value is -1.28. The number of carbonyl (C=O) groups is 1. The van der Waals surface area contributed by atoms with Gasteiger partial charge in [-0.15, -0.1) is 0 Å². The molecule has 2 atom stereocenters. The lowest BCUT2D eigenvalue weighted by Gasteiger charge is -2.18. The summed E-state index contributed by atoms with van der Waals surface area (Å²) in [5.74, 6) is 0.549. The van der Waals surface area contributed by atoms with Crippen molar-refractivity contribution in [2.24, 2.45) is 5.92 Å². The molecule has 2 amide bonds. The smallest absolute Gasteiger partial charge is 0.314 e. The van der Waals surface area contributed by atoms with Crippen LogP contribution in [-0.2, 0) is 0 Å². The van der Waals surface area contributed by atoms with Crippen LogP contribution in [0.2, 0.25) is 0 Å². The SMILES string of the molecule is CC.CC.CNC(=O)NCC1CCN(c2ccccc2)C1.P. The zero-order chi connectivity index (χ0) is 16.1. The van der Waals surface area contributed by atoms with Gasteiger partial charge >= 0.3 is 6.03 Å². The lowest BCUT2D eigenvalue weighted by atomic mass is 10.1. The molecule has 1 aromatic rings. The fraction of sp³-hybridized carbons (Fsp3) is 0.588. The fourth-order valence-corrected chi connectivity index (χ4v) is 2.20. The molecular formula is C17H34N3OP. The van der Waals surface area contributed by atoms with E-state index in [4.69, 9.17) is 0 Å². The average molecular weight is 327 g/mol. The molecule has 0 spiro atoms. The summed E-state index contributed by atoms with van der Waals surface area (Å²) in [6.07, 6.45) is 1.14. The van der Waals surface area contributed by atoms with E-state index in [2.05, 4.69) is 39.8 Å². The van der Waals surface area contributed by atoms with Crippen LogP contribution in [0.4, 0.5) is 10.5 Å². The van der Waals surface area contributed by atoms with Crippen molar-refractivity contribution in [2.45, 2.75) is 34.1 Å². The first kappa shape index (κ1) is 23.0. The molecule has 2 N–H and O–H groups in total. The van der Waals surface area contributed by atoms with Crippen molar-refractivity contribution in [3.63, 3.8) is 0 Å². The number of carbonyl (C=O) groups excluding carboxylic acids is 1. The summed E-state index contributed by atoms with van der Waals surface area (Å²) >= 11 is 0. The Kier molecular flexibility index (Phi) is 15.3. The zero-order valence-corrected chi connectivity index (χ0v) is 16.3. The van der Waals surface area contributed by atoms with Crippen molar-refractivity contribution >= 4 is 21.6 Å². The molecule has 22 heavy (non-hydrogen) atoms. The Bertz CT molecular complexity index is 373. The third-order valence-electron chi connectivity index (χ3n) is 3.19. The van der Waals surface area contributed by atoms with Crippen molar-refractivity contribution in [1.82, 2.24) is 10.6 Å². The first-order chi connectivity index (χ1) is 10.3. The summed E-state index contributed by atoms with van der Waals surface area (Å²) in [5.41, 5.74) is 1.27. The first-order valence-corrected chi connectivity index (χ1v) is 8.05. The highest BCUT2D eigenvalue weighted by molar-refractivity contribution is 6.92. The minimum absolute atomic E-state index is 0. The van der Waals surface area contributed by atoms with Crippen LogP contribution in [0, 0.1) is 5.92 Å². The van der Waals surface area contributed by atoms with Crippen LogP contribution in [0.15, 0.2) is 30.3 Å². The largest absolute Gasteiger partial charge is 0.371 e. The molecule has 1 aliphatic heterocycles. The van der Waals surface area contributed by atoms with Gasteiger partial charge in [0.25, 0.3) is 0 Å². The van der Waals surface area contributed by atoms with Crippen LogP contribution < -0.4 is 15.5 Å². The quantitative estimate of drug-likeness (QED) is 0.834. The number of nitrogens with one attached hydrogen (secondary N) is 2. The number of benzene rings is 1. The molecule has 0 aliphatic carbocycles. The number of nitrogens with zero attached hydrogens (tertiary/aromatic N) is 1. The van der Waals surface area contributed by atoms with Crippen LogP contribution in [0.3, 0.4) is 0 Å². The summed E-state index contributed by atoms with van der Waals surface area (Å²) < 4.78 is 0. The molecule has 1 heterocycles. The van der Waals surface area contributed by atoms with E-state index in [1.165, 1.54) is 5.69 Å². The van der Waals surface area contributed by atoms with Gasteiger partial charge in [0.15, 0.2) is 0 Å². The molecule has 0 radical (unpaired) electrons. The van der Waals surface area contributed by atoms with Crippen LogP contribution in [0.1, 0.15) is 34.1 Å². The van der Waals surface area contributed by atoms with E-state index in [-0.39, 0.29) is 15.9 Å². The molecule has 2 unspecified atom stereocenters. The molecule has 0 aromatic heterocycles. The maximum absolute atomic E-state index is 11.1. The lowest BCUT2D eigenvalue weighted by molar-refractivity contribution is 0.241. The number of hydrogen-bond acceptors (Lipinski definition) is 2. The number of urea groups is 1. The van der Waals surface area contributed by atoms with Crippen LogP contribution in [0.25, 0.3) is 0 Å². The monoisotopic (exact) mass is 327 g/mol. The second kappa shape index (κ2) is 14.6. The molecule has 5 heteroatoms. The molecule has 2 rings (SSSR count). The van der Waals surface area contributed by atoms with Gasteiger partial charge in [-0.05, 0) is 24.5 Å². The van der Waals surface area contributed by atoms with E-state index < -0.39 is 0 Å². The minimum Gasteiger partial charge on any atom is -0.371 e. The summed E-state index contributed by atoms with van der Waals surface area (Å²) in [4.78, 5) is 13.5. The molecule has 1 aromatic carbocycles. The Labute approximate surface area is 139 Å². The van der Waals surface area contributed by atoms with Gasteiger partial charge in [0, 0.05) is 32.4 Å². The number of rotatable bonds is 3. The normalized spacial score (nSPS) is 15.3. The van der Waals surface area contributed by atoms with Crippen molar-refractivity contribution < 1.29 is 4.79 Å². The third kappa shape index (κ3) is 8.23. The topological polar surface area (TPSA) is 44.4 Å². The lowest BCUT2D eigenvalue weighted by Crippen LogP contribution is -2.36. The number of amides is 2. The van der Waals surface area contributed by atoms with Crippen molar-refractivity contribution in [3.05, 3.63) is 30.3 Å². The van der Waals surface area contributed by atoms with Crippen LogP contribution in [0.5, 0.6) is 0 Å². The van der Waals surface area contributed by atoms with E-state index in [0.29, 0.717) is 5.92 Å². The first-order valence-electron chi connectivity index (χ1n) is 8.05. The van der Waals surface area contributed by atoms with Crippen molar-refractivity contribution in [3.8, 4) is 0 Å². The highest BCUT2D eigenvalue weighted by atomic mass is 31.0. The molecule has 128 valence electrons. The van der Waals surface area contributed by atoms with Crippen LogP contribution >= 0.6 is 9.90 Å². The summed E-state index contributed by atoms with van der Waals surface area (Å²) in [6.45, 7) is 10.8. The zero-order valence-electron chi connectivity index (χ0n) is 14.9. The Morgan fingerprint density at radius 2 is 1.77 bits per heavy atom. The van der Waals surface area contributed by atoms with E-state index in [1.54, 1.807) is 7.05 Å². The van der Waals surface area contributed by atoms with Gasteiger partial charge in [-0.2, -0.15) is 9.90 Å². The Morgan fingerprint density at radius 3 is 2.32 bits per heavy atom.